The maximum Gasteiger partial charge on any atom is 0.339 e. The van der Waals surface area contributed by atoms with E-state index in [0.29, 0.717) is 0 Å². The number of carboxylic acids is 2. The second-order valence-corrected chi connectivity index (χ2v) is 17.5. The summed E-state index contributed by atoms with van der Waals surface area (Å²) in [6, 6.07) is 19.0. The summed E-state index contributed by atoms with van der Waals surface area (Å²) in [5, 5.41) is 17.1. The smallest absolute Gasteiger partial charge is 0.339 e. The summed E-state index contributed by atoms with van der Waals surface area (Å²) in [5.74, 6) is -4.27. The Kier molecular flexibility index (Phi) is 32.5. The van der Waals surface area contributed by atoms with Crippen LogP contribution in [0.4, 0.5) is 0 Å². The first-order valence-corrected chi connectivity index (χ1v) is 25.2. The Labute approximate surface area is 406 Å². The Morgan fingerprint density at radius 1 is 0.338 bits per heavy atom. The van der Waals surface area contributed by atoms with Crippen LogP contribution in [0.5, 0.6) is 0 Å². The van der Waals surface area contributed by atoms with Crippen molar-refractivity contribution in [1.29, 1.82) is 0 Å². The van der Waals surface area contributed by atoms with Crippen molar-refractivity contribution < 1.29 is 57.9 Å². The first-order valence-electron chi connectivity index (χ1n) is 25.2. The highest BCUT2D eigenvalue weighted by atomic mass is 16.6. The van der Waals surface area contributed by atoms with Gasteiger partial charge in [-0.1, -0.05) is 141 Å². The van der Waals surface area contributed by atoms with Crippen molar-refractivity contribution >= 4 is 35.8 Å². The molecule has 3 aromatic carbocycles. The van der Waals surface area contributed by atoms with Crippen molar-refractivity contribution in [3.63, 3.8) is 0 Å². The average Bonchev–Trinajstić information content (AvgIpc) is 3.32. The molecule has 12 nitrogen and oxygen atoms in total. The third-order valence-electron chi connectivity index (χ3n) is 11.2. The fourth-order valence-corrected chi connectivity index (χ4v) is 7.19. The number of hydrogen-bond acceptors (Lipinski definition) is 10. The van der Waals surface area contributed by atoms with Crippen LogP contribution < -0.4 is 0 Å². The van der Waals surface area contributed by atoms with Crippen LogP contribution in [-0.2, 0) is 18.9 Å². The van der Waals surface area contributed by atoms with E-state index in [2.05, 4.69) is 27.7 Å². The molecule has 0 aliphatic rings. The van der Waals surface area contributed by atoms with E-state index in [4.69, 9.17) is 29.2 Å². The summed E-state index contributed by atoms with van der Waals surface area (Å²) in [6.07, 6.45) is 21.0. The molecule has 0 saturated carbocycles. The zero-order valence-electron chi connectivity index (χ0n) is 42.4. The van der Waals surface area contributed by atoms with Crippen molar-refractivity contribution in [2.24, 2.45) is 0 Å². The van der Waals surface area contributed by atoms with Gasteiger partial charge >= 0.3 is 35.8 Å². The predicted molar refractivity (Wildman–Crippen MR) is 268 cm³/mol. The van der Waals surface area contributed by atoms with E-state index in [-0.39, 0.29) is 57.8 Å². The summed E-state index contributed by atoms with van der Waals surface area (Å²) in [7, 11) is 0. The number of unbranched alkanes of at least 4 members (excludes halogenated alkanes) is 12. The lowest BCUT2D eigenvalue weighted by Crippen LogP contribution is -2.20. The minimum atomic E-state index is -1.23. The van der Waals surface area contributed by atoms with Crippen molar-refractivity contribution in [3.8, 4) is 0 Å². The van der Waals surface area contributed by atoms with Gasteiger partial charge in [0.15, 0.2) is 0 Å². The SMILES string of the molecule is CCCCCCC(C)OC(=O)c1ccccc1C(=O)OC(C)CCCCCC.CCCCCCC(C)OC(=O)c1ccccc1C(=O)OC(C)CCCCCC.O=C(O)c1ccccc1C(=O)O. The first-order chi connectivity index (χ1) is 32.6. The lowest BCUT2D eigenvalue weighted by atomic mass is 10.1. The fraction of sp³-hybridized carbons (Fsp3) is 0.571. The molecule has 4 unspecified atom stereocenters. The predicted octanol–water partition coefficient (Wildman–Crippen LogP) is 14.5. The zero-order chi connectivity index (χ0) is 50.7. The van der Waals surface area contributed by atoms with Gasteiger partial charge in [0.2, 0.25) is 0 Å². The number of ether oxygens (including phenoxy) is 4. The Bertz CT molecular complexity index is 1680. The normalized spacial score (nSPS) is 12.4. The van der Waals surface area contributed by atoms with Gasteiger partial charge in [-0.05, 0) is 115 Å². The molecule has 4 atom stereocenters. The molecule has 12 heteroatoms. The zero-order valence-corrected chi connectivity index (χ0v) is 42.4. The Morgan fingerprint density at radius 2 is 0.529 bits per heavy atom. The van der Waals surface area contributed by atoms with Crippen LogP contribution in [0, 0.1) is 0 Å². The van der Waals surface area contributed by atoms with Gasteiger partial charge in [-0.15, -0.1) is 0 Å². The minimum Gasteiger partial charge on any atom is -0.478 e. The lowest BCUT2D eigenvalue weighted by molar-refractivity contribution is 0.0270. The van der Waals surface area contributed by atoms with E-state index in [1.54, 1.807) is 48.5 Å². The molecule has 0 bridgehead atoms. The number of carbonyl (C=O) groups is 6. The van der Waals surface area contributed by atoms with Crippen LogP contribution in [0.3, 0.4) is 0 Å². The van der Waals surface area contributed by atoms with Crippen molar-refractivity contribution in [3.05, 3.63) is 106 Å². The molecule has 0 aromatic heterocycles. The molecule has 3 aromatic rings. The molecule has 0 aliphatic heterocycles. The standard InChI is InChI=1S/2C24H38O4.C8H6O4/c2*1-5-7-9-11-15-19(3)27-23(25)21-17-13-14-18-22(21)24(26)28-20(4)16-12-10-8-6-2;9-7(10)5-3-1-2-4-6(5)8(11)12/h2*13-14,17-20H,5-12,15-16H2,1-4H3;1-4H,(H,9,10)(H,11,12). The Hall–Kier alpha value is -5.52. The Morgan fingerprint density at radius 3 is 0.706 bits per heavy atom. The van der Waals surface area contributed by atoms with E-state index < -0.39 is 35.8 Å². The second-order valence-electron chi connectivity index (χ2n) is 17.5. The number of hydrogen-bond donors (Lipinski definition) is 2. The quantitative estimate of drug-likeness (QED) is 0.0367. The van der Waals surface area contributed by atoms with Gasteiger partial charge in [-0.3, -0.25) is 0 Å². The number of rotatable bonds is 30. The first kappa shape index (κ1) is 60.5. The molecule has 0 aliphatic carbocycles. The molecule has 68 heavy (non-hydrogen) atoms. The molecule has 3 rings (SSSR count). The third kappa shape index (κ3) is 25.6. The highest BCUT2D eigenvalue weighted by Crippen LogP contribution is 2.20. The molecule has 0 radical (unpaired) electrons. The van der Waals surface area contributed by atoms with Gasteiger partial charge in [0.05, 0.1) is 57.8 Å². The summed E-state index contributed by atoms with van der Waals surface area (Å²) < 4.78 is 22.2. The van der Waals surface area contributed by atoms with E-state index in [1.807, 2.05) is 27.7 Å². The van der Waals surface area contributed by atoms with Gasteiger partial charge < -0.3 is 29.2 Å². The van der Waals surface area contributed by atoms with Crippen molar-refractivity contribution in [2.75, 3.05) is 0 Å². The molecule has 0 amide bonds. The van der Waals surface area contributed by atoms with Crippen LogP contribution in [0.1, 0.15) is 246 Å². The largest absolute Gasteiger partial charge is 0.478 e. The molecular weight excluding hydrogens is 865 g/mol. The van der Waals surface area contributed by atoms with Crippen LogP contribution in [0.2, 0.25) is 0 Å². The number of esters is 4. The van der Waals surface area contributed by atoms with E-state index in [9.17, 15) is 28.8 Å². The van der Waals surface area contributed by atoms with Gasteiger partial charge in [-0.25, -0.2) is 28.8 Å². The van der Waals surface area contributed by atoms with Gasteiger partial charge in [0, 0.05) is 0 Å². The number of carbonyl (C=O) groups excluding carboxylic acids is 4. The second kappa shape index (κ2) is 36.5. The molecule has 0 spiro atoms. The Balaban J connectivity index is 0.000000549. The lowest BCUT2D eigenvalue weighted by Gasteiger charge is -2.16. The molecule has 0 fully saturated rings. The third-order valence-corrected chi connectivity index (χ3v) is 11.2. The van der Waals surface area contributed by atoms with Gasteiger partial charge in [0.1, 0.15) is 0 Å². The molecule has 0 heterocycles. The van der Waals surface area contributed by atoms with Crippen molar-refractivity contribution in [2.45, 2.75) is 208 Å². The summed E-state index contributed by atoms with van der Waals surface area (Å²) in [6.45, 7) is 16.3. The summed E-state index contributed by atoms with van der Waals surface area (Å²) >= 11 is 0. The molecule has 378 valence electrons. The van der Waals surface area contributed by atoms with E-state index >= 15 is 0 Å². The maximum absolute atomic E-state index is 12.6. The minimum absolute atomic E-state index is 0.161. The monoisotopic (exact) mass is 947 g/mol. The van der Waals surface area contributed by atoms with Crippen LogP contribution >= 0.6 is 0 Å². The highest BCUT2D eigenvalue weighted by molar-refractivity contribution is 6.04. The summed E-state index contributed by atoms with van der Waals surface area (Å²) in [5.41, 5.74) is 0.754. The topological polar surface area (TPSA) is 180 Å². The molecule has 0 saturated heterocycles. The molecular formula is C56H82O12. The van der Waals surface area contributed by atoms with Crippen LogP contribution in [-0.4, -0.2) is 70.4 Å². The van der Waals surface area contributed by atoms with Gasteiger partial charge in [0.25, 0.3) is 0 Å². The fourth-order valence-electron chi connectivity index (χ4n) is 7.19. The summed E-state index contributed by atoms with van der Waals surface area (Å²) in [4.78, 5) is 71.2. The van der Waals surface area contributed by atoms with Crippen LogP contribution in [0.15, 0.2) is 72.8 Å². The highest BCUT2D eigenvalue weighted by Gasteiger charge is 2.24. The van der Waals surface area contributed by atoms with Crippen LogP contribution in [0.25, 0.3) is 0 Å². The van der Waals surface area contributed by atoms with E-state index in [1.165, 1.54) is 75.6 Å². The average molecular weight is 947 g/mol. The number of aromatic carboxylic acids is 2. The van der Waals surface area contributed by atoms with E-state index in [0.717, 1.165) is 77.0 Å². The number of benzene rings is 3. The molecule has 2 N–H and O–H groups in total. The van der Waals surface area contributed by atoms with Crippen molar-refractivity contribution in [1.82, 2.24) is 0 Å². The van der Waals surface area contributed by atoms with Gasteiger partial charge in [-0.2, -0.15) is 0 Å². The maximum atomic E-state index is 12.6. The number of carboxylic acid groups (broad SMARTS) is 2.